The zero-order chi connectivity index (χ0) is 15.0. The highest BCUT2D eigenvalue weighted by molar-refractivity contribution is 7.09. The predicted molar refractivity (Wildman–Crippen MR) is 90.4 cm³/mol. The molecule has 3 aromatic rings. The van der Waals surface area contributed by atoms with Crippen molar-refractivity contribution in [1.29, 1.82) is 0 Å². The summed E-state index contributed by atoms with van der Waals surface area (Å²) >= 11 is 8.09. The third-order valence-corrected chi connectivity index (χ3v) is 4.56. The predicted octanol–water partition coefficient (Wildman–Crippen LogP) is 5.13. The van der Waals surface area contributed by atoms with Crippen LogP contribution in [0.4, 0.5) is 5.69 Å². The van der Waals surface area contributed by atoms with Crippen LogP contribution in [0, 0.1) is 13.8 Å². The molecule has 1 atom stereocenters. The van der Waals surface area contributed by atoms with Gasteiger partial charge in [0.05, 0.1) is 33.0 Å². The number of thiazole rings is 1. The first-order valence-corrected chi connectivity index (χ1v) is 8.04. The number of nitrogens with zero attached hydrogens (tertiary/aromatic N) is 2. The highest BCUT2D eigenvalue weighted by Gasteiger charge is 2.14. The summed E-state index contributed by atoms with van der Waals surface area (Å²) in [5.74, 6) is 0. The Kier molecular flexibility index (Phi) is 3.83. The average Bonchev–Trinajstić information content (AvgIpc) is 2.90. The van der Waals surface area contributed by atoms with Gasteiger partial charge in [-0.15, -0.1) is 11.3 Å². The fraction of sp³-hybridized carbons (Fsp3) is 0.250. The van der Waals surface area contributed by atoms with Crippen LogP contribution in [-0.4, -0.2) is 9.97 Å². The Morgan fingerprint density at radius 3 is 2.86 bits per heavy atom. The molecule has 0 fully saturated rings. The summed E-state index contributed by atoms with van der Waals surface area (Å²) in [4.78, 5) is 8.99. The number of benzene rings is 1. The van der Waals surface area contributed by atoms with Gasteiger partial charge in [0.2, 0.25) is 0 Å². The molecular formula is C16H16ClN3S. The van der Waals surface area contributed by atoms with E-state index in [-0.39, 0.29) is 6.04 Å². The molecule has 3 rings (SSSR count). The quantitative estimate of drug-likeness (QED) is 0.727. The molecule has 1 aromatic carbocycles. The molecule has 2 aromatic heterocycles. The summed E-state index contributed by atoms with van der Waals surface area (Å²) in [5, 5.41) is 8.39. The van der Waals surface area contributed by atoms with Crippen molar-refractivity contribution in [2.45, 2.75) is 26.8 Å². The van der Waals surface area contributed by atoms with Gasteiger partial charge in [-0.2, -0.15) is 0 Å². The first kappa shape index (κ1) is 14.3. The van der Waals surface area contributed by atoms with E-state index >= 15 is 0 Å². The number of hydrogen-bond acceptors (Lipinski definition) is 4. The van der Waals surface area contributed by atoms with Gasteiger partial charge in [0.25, 0.3) is 0 Å². The van der Waals surface area contributed by atoms with Gasteiger partial charge in [-0.3, -0.25) is 4.98 Å². The number of aromatic nitrogens is 2. The normalized spacial score (nSPS) is 12.6. The van der Waals surface area contributed by atoms with Crippen LogP contribution in [0.1, 0.15) is 29.2 Å². The second kappa shape index (κ2) is 5.62. The number of nitrogens with one attached hydrogen (secondary N) is 1. The second-order valence-electron chi connectivity index (χ2n) is 5.11. The number of hydrogen-bond donors (Lipinski definition) is 1. The minimum absolute atomic E-state index is 0.0959. The van der Waals surface area contributed by atoms with Crippen molar-refractivity contribution in [2.75, 3.05) is 5.32 Å². The molecule has 0 saturated heterocycles. The lowest BCUT2D eigenvalue weighted by atomic mass is 10.1. The van der Waals surface area contributed by atoms with E-state index in [1.165, 1.54) is 0 Å². The fourth-order valence-electron chi connectivity index (χ4n) is 2.40. The molecule has 108 valence electrons. The van der Waals surface area contributed by atoms with Crippen molar-refractivity contribution in [2.24, 2.45) is 0 Å². The lowest BCUT2D eigenvalue weighted by Crippen LogP contribution is -2.08. The third-order valence-electron chi connectivity index (χ3n) is 3.47. The Bertz CT molecular complexity index is 797. The van der Waals surface area contributed by atoms with Crippen LogP contribution in [0.3, 0.4) is 0 Å². The van der Waals surface area contributed by atoms with Crippen LogP contribution in [0.5, 0.6) is 0 Å². The molecule has 5 heteroatoms. The Balaban J connectivity index is 2.04. The summed E-state index contributed by atoms with van der Waals surface area (Å²) in [7, 11) is 0. The molecule has 21 heavy (non-hydrogen) atoms. The summed E-state index contributed by atoms with van der Waals surface area (Å²) in [6, 6.07) is 6.03. The van der Waals surface area contributed by atoms with E-state index in [4.69, 9.17) is 11.6 Å². The van der Waals surface area contributed by atoms with Crippen molar-refractivity contribution < 1.29 is 0 Å². The van der Waals surface area contributed by atoms with Gasteiger partial charge in [-0.1, -0.05) is 11.6 Å². The summed E-state index contributed by atoms with van der Waals surface area (Å²) in [6.07, 6.45) is 1.81. The average molecular weight is 318 g/mol. The molecule has 3 nitrogen and oxygen atoms in total. The SMILES string of the molecule is Cc1nc(C(C)Nc2c(Cl)cc(C)c3ncccc23)cs1. The molecule has 0 aliphatic carbocycles. The van der Waals surface area contributed by atoms with Gasteiger partial charge < -0.3 is 5.32 Å². The monoisotopic (exact) mass is 317 g/mol. The number of fused-ring (bicyclic) bond motifs is 1. The summed E-state index contributed by atoms with van der Waals surface area (Å²) in [5.41, 5.74) is 4.01. The van der Waals surface area contributed by atoms with E-state index in [1.807, 2.05) is 32.0 Å². The van der Waals surface area contributed by atoms with Gasteiger partial charge in [-0.05, 0) is 44.5 Å². The maximum Gasteiger partial charge on any atom is 0.0898 e. The molecule has 0 radical (unpaired) electrons. The smallest absolute Gasteiger partial charge is 0.0898 e. The van der Waals surface area contributed by atoms with Crippen LogP contribution >= 0.6 is 22.9 Å². The molecule has 0 aliphatic rings. The number of aryl methyl sites for hydroxylation is 2. The number of pyridine rings is 1. The van der Waals surface area contributed by atoms with Crippen LogP contribution in [0.15, 0.2) is 29.8 Å². The molecule has 1 unspecified atom stereocenters. The second-order valence-corrected chi connectivity index (χ2v) is 6.58. The Morgan fingerprint density at radius 1 is 1.33 bits per heavy atom. The molecule has 1 N–H and O–H groups in total. The van der Waals surface area contributed by atoms with Crippen LogP contribution in [0.2, 0.25) is 5.02 Å². The minimum Gasteiger partial charge on any atom is -0.375 e. The van der Waals surface area contributed by atoms with Gasteiger partial charge in [0.15, 0.2) is 0 Å². The van der Waals surface area contributed by atoms with Crippen LogP contribution in [0.25, 0.3) is 10.9 Å². The number of rotatable bonds is 3. The van der Waals surface area contributed by atoms with E-state index in [0.29, 0.717) is 5.02 Å². The van der Waals surface area contributed by atoms with Gasteiger partial charge >= 0.3 is 0 Å². The molecule has 2 heterocycles. The fourth-order valence-corrected chi connectivity index (χ4v) is 3.42. The Hall–Kier alpha value is -1.65. The van der Waals surface area contributed by atoms with Crippen LogP contribution < -0.4 is 5.32 Å². The molecular weight excluding hydrogens is 302 g/mol. The maximum atomic E-state index is 6.44. The number of halogens is 1. The Morgan fingerprint density at radius 2 is 2.14 bits per heavy atom. The van der Waals surface area contributed by atoms with Crippen molar-refractivity contribution in [3.05, 3.63) is 51.1 Å². The maximum absolute atomic E-state index is 6.44. The molecule has 0 aliphatic heterocycles. The lowest BCUT2D eigenvalue weighted by molar-refractivity contribution is 0.847. The minimum atomic E-state index is 0.0959. The zero-order valence-electron chi connectivity index (χ0n) is 12.1. The molecule has 0 amide bonds. The third kappa shape index (κ3) is 2.74. The topological polar surface area (TPSA) is 37.8 Å². The van der Waals surface area contributed by atoms with Gasteiger partial charge in [-0.25, -0.2) is 4.98 Å². The summed E-state index contributed by atoms with van der Waals surface area (Å²) in [6.45, 7) is 6.13. The Labute approximate surface area is 133 Å². The lowest BCUT2D eigenvalue weighted by Gasteiger charge is -2.17. The van der Waals surface area contributed by atoms with E-state index in [1.54, 1.807) is 17.5 Å². The molecule has 0 saturated carbocycles. The van der Waals surface area contributed by atoms with Crippen molar-refractivity contribution in [3.8, 4) is 0 Å². The van der Waals surface area contributed by atoms with E-state index in [0.717, 1.165) is 32.9 Å². The van der Waals surface area contributed by atoms with Crippen molar-refractivity contribution in [1.82, 2.24) is 9.97 Å². The van der Waals surface area contributed by atoms with E-state index in [9.17, 15) is 0 Å². The highest BCUT2D eigenvalue weighted by atomic mass is 35.5. The van der Waals surface area contributed by atoms with Gasteiger partial charge in [0, 0.05) is 17.0 Å². The first-order valence-electron chi connectivity index (χ1n) is 6.78. The first-order chi connectivity index (χ1) is 10.1. The van der Waals surface area contributed by atoms with Crippen molar-refractivity contribution >= 4 is 39.5 Å². The van der Waals surface area contributed by atoms with E-state index in [2.05, 4.69) is 27.6 Å². The highest BCUT2D eigenvalue weighted by Crippen LogP contribution is 2.35. The standard InChI is InChI=1S/C16H16ClN3S/c1-9-7-13(17)16(12-5-4-6-18-15(9)12)19-10(2)14-8-21-11(3)20-14/h4-8,10,19H,1-3H3. The van der Waals surface area contributed by atoms with Crippen molar-refractivity contribution in [3.63, 3.8) is 0 Å². The summed E-state index contributed by atoms with van der Waals surface area (Å²) < 4.78 is 0. The van der Waals surface area contributed by atoms with Crippen LogP contribution in [-0.2, 0) is 0 Å². The van der Waals surface area contributed by atoms with E-state index < -0.39 is 0 Å². The molecule has 0 bridgehead atoms. The zero-order valence-corrected chi connectivity index (χ0v) is 13.7. The largest absolute Gasteiger partial charge is 0.375 e. The van der Waals surface area contributed by atoms with Gasteiger partial charge in [0.1, 0.15) is 0 Å². The molecule has 0 spiro atoms. The number of anilines is 1.